The first-order chi connectivity index (χ1) is 12.6. The maximum Gasteiger partial charge on any atom is 0.289 e. The van der Waals surface area contributed by atoms with E-state index >= 15 is 0 Å². The number of nitrogens with one attached hydrogen (secondary N) is 1. The van der Waals surface area contributed by atoms with Gasteiger partial charge in [-0.15, -0.1) is 0 Å². The summed E-state index contributed by atoms with van der Waals surface area (Å²) >= 11 is 0. The molecule has 2 fully saturated rings. The first kappa shape index (κ1) is 18.3. The third kappa shape index (κ3) is 4.56. The van der Waals surface area contributed by atoms with Crippen molar-refractivity contribution in [3.63, 3.8) is 0 Å². The number of aromatic nitrogens is 1. The van der Waals surface area contributed by atoms with Crippen LogP contribution in [0.25, 0.3) is 6.08 Å². The molecule has 1 aliphatic carbocycles. The molecule has 0 aromatic carbocycles. The van der Waals surface area contributed by atoms with Gasteiger partial charge in [0.2, 0.25) is 11.7 Å². The normalized spacial score (nSPS) is 21.1. The number of likely N-dealkylation sites (tertiary alicyclic amines) is 1. The third-order valence-corrected chi connectivity index (χ3v) is 5.11. The smallest absolute Gasteiger partial charge is 0.289 e. The van der Waals surface area contributed by atoms with Crippen molar-refractivity contribution in [1.82, 2.24) is 15.2 Å². The number of carbonyl (C=O) groups excluding carboxylic acids is 3. The molecular weight excluding hydrogens is 330 g/mol. The van der Waals surface area contributed by atoms with Crippen LogP contribution in [0.15, 0.2) is 30.6 Å². The average Bonchev–Trinajstić information content (AvgIpc) is 3.17. The van der Waals surface area contributed by atoms with Crippen LogP contribution >= 0.6 is 0 Å². The quantitative estimate of drug-likeness (QED) is 0.648. The highest BCUT2D eigenvalue weighted by Gasteiger charge is 2.37. The van der Waals surface area contributed by atoms with E-state index in [9.17, 15) is 14.4 Å². The average molecular weight is 355 g/mol. The molecule has 1 N–H and O–H groups in total. The van der Waals surface area contributed by atoms with E-state index in [1.165, 1.54) is 17.4 Å². The first-order valence-electron chi connectivity index (χ1n) is 9.38. The Morgan fingerprint density at radius 1 is 1.12 bits per heavy atom. The zero-order valence-electron chi connectivity index (χ0n) is 14.9. The van der Waals surface area contributed by atoms with Gasteiger partial charge in [-0.05, 0) is 43.4 Å². The van der Waals surface area contributed by atoms with Crippen molar-refractivity contribution in [3.05, 3.63) is 36.2 Å². The zero-order valence-corrected chi connectivity index (χ0v) is 14.9. The molecule has 1 atom stereocenters. The molecule has 0 bridgehead atoms. The molecule has 1 aromatic rings. The lowest BCUT2D eigenvalue weighted by atomic mass is 9.95. The van der Waals surface area contributed by atoms with Crippen LogP contribution < -0.4 is 5.32 Å². The third-order valence-electron chi connectivity index (χ3n) is 5.11. The minimum atomic E-state index is -0.648. The van der Waals surface area contributed by atoms with Gasteiger partial charge in [0.05, 0.1) is 0 Å². The van der Waals surface area contributed by atoms with Gasteiger partial charge >= 0.3 is 0 Å². The molecule has 2 amide bonds. The van der Waals surface area contributed by atoms with Gasteiger partial charge in [-0.25, -0.2) is 0 Å². The summed E-state index contributed by atoms with van der Waals surface area (Å²) in [7, 11) is 0. The largest absolute Gasteiger partial charge is 0.347 e. The minimum absolute atomic E-state index is 0.0937. The number of pyridine rings is 1. The van der Waals surface area contributed by atoms with Crippen molar-refractivity contribution >= 4 is 23.7 Å². The van der Waals surface area contributed by atoms with Gasteiger partial charge in [0.1, 0.15) is 6.04 Å². The van der Waals surface area contributed by atoms with Gasteiger partial charge in [0, 0.05) is 31.1 Å². The molecule has 6 heteroatoms. The van der Waals surface area contributed by atoms with Crippen molar-refractivity contribution in [2.24, 2.45) is 0 Å². The van der Waals surface area contributed by atoms with Gasteiger partial charge in [0.25, 0.3) is 5.91 Å². The highest BCUT2D eigenvalue weighted by Crippen LogP contribution is 2.20. The fourth-order valence-electron chi connectivity index (χ4n) is 3.70. The molecule has 1 aliphatic heterocycles. The molecule has 2 aliphatic rings. The molecule has 138 valence electrons. The van der Waals surface area contributed by atoms with E-state index in [4.69, 9.17) is 0 Å². The molecule has 1 saturated heterocycles. The van der Waals surface area contributed by atoms with Crippen molar-refractivity contribution in [2.45, 2.75) is 57.0 Å². The molecule has 0 unspecified atom stereocenters. The molecule has 1 aromatic heterocycles. The summed E-state index contributed by atoms with van der Waals surface area (Å²) in [6.07, 6.45) is 13.0. The van der Waals surface area contributed by atoms with Crippen molar-refractivity contribution in [2.75, 3.05) is 6.54 Å². The van der Waals surface area contributed by atoms with Crippen LogP contribution in [0, 0.1) is 0 Å². The highest BCUT2D eigenvalue weighted by atomic mass is 16.2. The molecule has 3 rings (SSSR count). The second-order valence-corrected chi connectivity index (χ2v) is 6.98. The Morgan fingerprint density at radius 2 is 1.92 bits per heavy atom. The Hall–Kier alpha value is -2.50. The topological polar surface area (TPSA) is 79.4 Å². The lowest BCUT2D eigenvalue weighted by Crippen LogP contribution is -2.49. The molecule has 0 spiro atoms. The number of Topliss-reactive ketones (excluding diaryl/α,β-unsaturated/α-hetero) is 1. The summed E-state index contributed by atoms with van der Waals surface area (Å²) in [5.41, 5.74) is 0.818. The minimum Gasteiger partial charge on any atom is -0.347 e. The van der Waals surface area contributed by atoms with Gasteiger partial charge in [-0.3, -0.25) is 19.4 Å². The predicted molar refractivity (Wildman–Crippen MR) is 98.0 cm³/mol. The number of ketones is 1. The number of amides is 2. The number of hydrogen-bond acceptors (Lipinski definition) is 4. The van der Waals surface area contributed by atoms with Crippen molar-refractivity contribution in [1.29, 1.82) is 0 Å². The summed E-state index contributed by atoms with van der Waals surface area (Å²) < 4.78 is 0. The summed E-state index contributed by atoms with van der Waals surface area (Å²) in [4.78, 5) is 42.9. The Labute approximate surface area is 153 Å². The van der Waals surface area contributed by atoms with E-state index in [1.54, 1.807) is 24.5 Å². The number of nitrogens with zero attached hydrogens (tertiary/aromatic N) is 2. The molecule has 26 heavy (non-hydrogen) atoms. The lowest BCUT2D eigenvalue weighted by molar-refractivity contribution is -0.143. The molecule has 2 heterocycles. The van der Waals surface area contributed by atoms with Crippen LogP contribution in [-0.2, 0) is 14.4 Å². The Morgan fingerprint density at radius 3 is 2.65 bits per heavy atom. The van der Waals surface area contributed by atoms with Gasteiger partial charge < -0.3 is 10.2 Å². The van der Waals surface area contributed by atoms with Crippen molar-refractivity contribution < 1.29 is 14.4 Å². The van der Waals surface area contributed by atoms with E-state index in [1.807, 2.05) is 6.07 Å². The molecular formula is C20H25N3O3. The fraction of sp³-hybridized carbons (Fsp3) is 0.500. The van der Waals surface area contributed by atoms with Crippen LogP contribution in [0.4, 0.5) is 0 Å². The van der Waals surface area contributed by atoms with E-state index in [0.717, 1.165) is 37.7 Å². The van der Waals surface area contributed by atoms with Gasteiger partial charge in [-0.1, -0.05) is 25.3 Å². The Bertz CT molecular complexity index is 681. The van der Waals surface area contributed by atoms with E-state index < -0.39 is 17.7 Å². The van der Waals surface area contributed by atoms with Crippen LogP contribution in [0.2, 0.25) is 0 Å². The monoisotopic (exact) mass is 355 g/mol. The second-order valence-electron chi connectivity index (χ2n) is 6.98. The number of hydrogen-bond donors (Lipinski definition) is 1. The Balaban J connectivity index is 1.59. The van der Waals surface area contributed by atoms with Crippen LogP contribution in [0.3, 0.4) is 0 Å². The second kappa shape index (κ2) is 8.74. The number of rotatable bonds is 5. The predicted octanol–water partition coefficient (Wildman–Crippen LogP) is 2.10. The van der Waals surface area contributed by atoms with Gasteiger partial charge in [0.15, 0.2) is 0 Å². The van der Waals surface area contributed by atoms with Gasteiger partial charge in [-0.2, -0.15) is 0 Å². The van der Waals surface area contributed by atoms with Crippen LogP contribution in [0.1, 0.15) is 50.5 Å². The summed E-state index contributed by atoms with van der Waals surface area (Å²) in [5, 5.41) is 2.86. The maximum atomic E-state index is 12.6. The SMILES string of the molecule is O=C(NC1CCCCC1)C(=O)[C@@H]1CCCN1C(=O)/C=C/c1cccnc1. The van der Waals surface area contributed by atoms with E-state index in [2.05, 4.69) is 10.3 Å². The fourth-order valence-corrected chi connectivity index (χ4v) is 3.70. The van der Waals surface area contributed by atoms with Crippen molar-refractivity contribution in [3.8, 4) is 0 Å². The highest BCUT2D eigenvalue weighted by molar-refractivity contribution is 6.38. The Kier molecular flexibility index (Phi) is 6.15. The lowest BCUT2D eigenvalue weighted by Gasteiger charge is -2.25. The molecule has 6 nitrogen and oxygen atoms in total. The van der Waals surface area contributed by atoms with Crippen LogP contribution in [0.5, 0.6) is 0 Å². The molecule has 0 radical (unpaired) electrons. The van der Waals surface area contributed by atoms with E-state index in [-0.39, 0.29) is 11.9 Å². The summed E-state index contributed by atoms with van der Waals surface area (Å²) in [5.74, 6) is -1.27. The number of carbonyl (C=O) groups is 3. The molecule has 1 saturated carbocycles. The van der Waals surface area contributed by atoms with Crippen LogP contribution in [-0.4, -0.2) is 46.1 Å². The summed E-state index contributed by atoms with van der Waals surface area (Å²) in [6, 6.07) is 3.09. The summed E-state index contributed by atoms with van der Waals surface area (Å²) in [6.45, 7) is 0.503. The first-order valence-corrected chi connectivity index (χ1v) is 9.38. The zero-order chi connectivity index (χ0) is 18.4. The van der Waals surface area contributed by atoms with E-state index in [0.29, 0.717) is 13.0 Å². The standard InChI is InChI=1S/C20H25N3O3/c24-18(11-10-15-6-4-12-21-14-15)23-13-5-9-17(23)19(25)20(26)22-16-7-2-1-3-8-16/h4,6,10-12,14,16-17H,1-3,5,7-9,13H2,(H,22,26)/b11-10+/t17-/m0/s1. The maximum absolute atomic E-state index is 12.6.